The van der Waals surface area contributed by atoms with Gasteiger partial charge >= 0.3 is 12.3 Å². The molecule has 1 aliphatic rings. The van der Waals surface area contributed by atoms with E-state index in [0.717, 1.165) is 19.4 Å². The second-order valence-electron chi connectivity index (χ2n) is 5.58. The summed E-state index contributed by atoms with van der Waals surface area (Å²) in [4.78, 5) is 12.3. The zero-order valence-corrected chi connectivity index (χ0v) is 12.8. The van der Waals surface area contributed by atoms with Crippen LogP contribution in [0.2, 0.25) is 0 Å². The van der Waals surface area contributed by atoms with Crippen molar-refractivity contribution in [2.45, 2.75) is 26.0 Å². The van der Waals surface area contributed by atoms with E-state index in [0.29, 0.717) is 12.2 Å². The van der Waals surface area contributed by atoms with Crippen LogP contribution in [0.15, 0.2) is 42.5 Å². The minimum absolute atomic E-state index is 0.412. The van der Waals surface area contributed by atoms with Crippen LogP contribution in [0.1, 0.15) is 17.5 Å². The number of nitro groups is 1. The molecule has 0 amide bonds. The third kappa shape index (κ3) is 3.45. The molecule has 0 fully saturated rings. The predicted octanol–water partition coefficient (Wildman–Crippen LogP) is 4.15. The SMILES string of the molecule is O=[N+]([O-])c1ccc(N2CCCc3ccccc3C2)cc1OC(F)F. The number of anilines is 1. The Balaban J connectivity index is 1.93. The van der Waals surface area contributed by atoms with Gasteiger partial charge in [-0.15, -0.1) is 0 Å². The van der Waals surface area contributed by atoms with Crippen molar-refractivity contribution in [2.75, 3.05) is 11.4 Å². The fourth-order valence-electron chi connectivity index (χ4n) is 2.96. The van der Waals surface area contributed by atoms with Crippen molar-refractivity contribution >= 4 is 11.4 Å². The first-order valence-corrected chi connectivity index (χ1v) is 7.59. The lowest BCUT2D eigenvalue weighted by atomic mass is 10.0. The Morgan fingerprint density at radius 2 is 1.92 bits per heavy atom. The number of nitrogens with zero attached hydrogens (tertiary/aromatic N) is 2. The second kappa shape index (κ2) is 6.82. The molecule has 0 unspecified atom stereocenters. The van der Waals surface area contributed by atoms with Crippen molar-refractivity contribution in [3.63, 3.8) is 0 Å². The van der Waals surface area contributed by atoms with Crippen LogP contribution in [-0.4, -0.2) is 18.1 Å². The van der Waals surface area contributed by atoms with Crippen molar-refractivity contribution in [2.24, 2.45) is 0 Å². The highest BCUT2D eigenvalue weighted by atomic mass is 19.3. The van der Waals surface area contributed by atoms with E-state index in [1.165, 1.54) is 23.3 Å². The summed E-state index contributed by atoms with van der Waals surface area (Å²) in [5.74, 6) is -0.412. The molecule has 0 saturated carbocycles. The largest absolute Gasteiger partial charge is 0.427 e. The highest BCUT2D eigenvalue weighted by molar-refractivity contribution is 5.60. The van der Waals surface area contributed by atoms with Gasteiger partial charge in [-0.1, -0.05) is 24.3 Å². The zero-order valence-electron chi connectivity index (χ0n) is 12.8. The first-order valence-electron chi connectivity index (χ1n) is 7.59. The van der Waals surface area contributed by atoms with Crippen molar-refractivity contribution in [3.8, 4) is 5.75 Å². The Morgan fingerprint density at radius 1 is 1.17 bits per heavy atom. The smallest absolute Gasteiger partial charge is 0.387 e. The topological polar surface area (TPSA) is 55.6 Å². The summed E-state index contributed by atoms with van der Waals surface area (Å²) in [5.41, 5.74) is 2.61. The summed E-state index contributed by atoms with van der Waals surface area (Å²) in [6.45, 7) is -1.74. The lowest BCUT2D eigenvalue weighted by molar-refractivity contribution is -0.386. The van der Waals surface area contributed by atoms with Crippen LogP contribution < -0.4 is 9.64 Å². The molecule has 1 aliphatic heterocycles. The molecule has 0 bridgehead atoms. The van der Waals surface area contributed by atoms with Crippen LogP contribution in [0, 0.1) is 10.1 Å². The number of hydrogen-bond donors (Lipinski definition) is 0. The molecule has 0 saturated heterocycles. The van der Waals surface area contributed by atoms with Gasteiger partial charge in [-0.2, -0.15) is 8.78 Å². The zero-order chi connectivity index (χ0) is 17.1. The Hall–Kier alpha value is -2.70. The summed E-state index contributed by atoms with van der Waals surface area (Å²) in [6.07, 6.45) is 1.86. The van der Waals surface area contributed by atoms with Gasteiger partial charge in [0, 0.05) is 30.9 Å². The minimum atomic E-state index is -3.11. The lowest BCUT2D eigenvalue weighted by Crippen LogP contribution is -2.22. The number of fused-ring (bicyclic) bond motifs is 1. The quantitative estimate of drug-likeness (QED) is 0.623. The molecular formula is C17H16F2N2O3. The molecule has 0 radical (unpaired) electrons. The van der Waals surface area contributed by atoms with Gasteiger partial charge in [-0.25, -0.2) is 0 Å². The molecule has 0 N–H and O–H groups in total. The number of benzene rings is 2. The summed E-state index contributed by atoms with van der Waals surface area (Å²) < 4.78 is 29.4. The number of rotatable bonds is 4. The molecule has 2 aromatic carbocycles. The molecule has 2 aromatic rings. The fourth-order valence-corrected chi connectivity index (χ4v) is 2.96. The third-order valence-corrected chi connectivity index (χ3v) is 4.08. The van der Waals surface area contributed by atoms with Crippen molar-refractivity contribution < 1.29 is 18.4 Å². The molecule has 24 heavy (non-hydrogen) atoms. The molecule has 1 heterocycles. The fraction of sp³-hybridized carbons (Fsp3) is 0.294. The standard InChI is InChI=1S/C17H16F2N2O3/c18-17(19)24-16-10-14(7-8-15(16)21(22)23)20-9-3-6-12-4-1-2-5-13(12)11-20/h1-2,4-5,7-8,10,17H,3,6,9,11H2. The molecule has 7 heteroatoms. The molecule has 0 aliphatic carbocycles. The van der Waals surface area contributed by atoms with Gasteiger partial charge < -0.3 is 9.64 Å². The van der Waals surface area contributed by atoms with Crippen LogP contribution in [-0.2, 0) is 13.0 Å². The van der Waals surface area contributed by atoms with E-state index >= 15 is 0 Å². The van der Waals surface area contributed by atoms with E-state index in [9.17, 15) is 18.9 Å². The molecule has 0 spiro atoms. The van der Waals surface area contributed by atoms with E-state index < -0.39 is 23.0 Å². The molecule has 5 nitrogen and oxygen atoms in total. The normalized spacial score (nSPS) is 14.2. The minimum Gasteiger partial charge on any atom is -0.427 e. The van der Waals surface area contributed by atoms with Crippen LogP contribution in [0.3, 0.4) is 0 Å². The molecule has 126 valence electrons. The number of alkyl halides is 2. The summed E-state index contributed by atoms with van der Waals surface area (Å²) in [6, 6.07) is 12.2. The van der Waals surface area contributed by atoms with E-state index in [1.807, 2.05) is 23.1 Å². The first kappa shape index (κ1) is 16.2. The maximum absolute atomic E-state index is 12.5. The number of hydrogen-bond acceptors (Lipinski definition) is 4. The van der Waals surface area contributed by atoms with E-state index in [-0.39, 0.29) is 0 Å². The Bertz CT molecular complexity index is 752. The lowest BCUT2D eigenvalue weighted by Gasteiger charge is -2.23. The van der Waals surface area contributed by atoms with Gasteiger partial charge in [0.05, 0.1) is 4.92 Å². The average Bonchev–Trinajstić information content (AvgIpc) is 2.76. The maximum atomic E-state index is 12.5. The van der Waals surface area contributed by atoms with Crippen LogP contribution in [0.4, 0.5) is 20.2 Å². The van der Waals surface area contributed by atoms with Crippen molar-refractivity contribution in [1.29, 1.82) is 0 Å². The number of nitro benzene ring substituents is 1. The van der Waals surface area contributed by atoms with Gasteiger partial charge in [0.1, 0.15) is 0 Å². The highest BCUT2D eigenvalue weighted by Gasteiger charge is 2.22. The molecule has 0 aromatic heterocycles. The van der Waals surface area contributed by atoms with Crippen LogP contribution in [0.25, 0.3) is 0 Å². The number of halogens is 2. The van der Waals surface area contributed by atoms with E-state index in [2.05, 4.69) is 10.8 Å². The third-order valence-electron chi connectivity index (χ3n) is 4.08. The summed E-state index contributed by atoms with van der Waals surface area (Å²) in [7, 11) is 0. The molecule has 3 rings (SSSR count). The first-order chi connectivity index (χ1) is 11.5. The monoisotopic (exact) mass is 334 g/mol. The Morgan fingerprint density at radius 3 is 2.62 bits per heavy atom. The second-order valence-corrected chi connectivity index (χ2v) is 5.58. The van der Waals surface area contributed by atoms with Gasteiger partial charge in [0.15, 0.2) is 0 Å². The molecule has 0 atom stereocenters. The van der Waals surface area contributed by atoms with Gasteiger partial charge in [-0.05, 0) is 30.0 Å². The maximum Gasteiger partial charge on any atom is 0.387 e. The number of aryl methyl sites for hydroxylation is 1. The average molecular weight is 334 g/mol. The highest BCUT2D eigenvalue weighted by Crippen LogP contribution is 2.34. The predicted molar refractivity (Wildman–Crippen MR) is 85.5 cm³/mol. The van der Waals surface area contributed by atoms with E-state index in [1.54, 1.807) is 6.07 Å². The van der Waals surface area contributed by atoms with Crippen molar-refractivity contribution in [1.82, 2.24) is 0 Å². The summed E-state index contributed by atoms with van der Waals surface area (Å²) in [5, 5.41) is 11.0. The van der Waals surface area contributed by atoms with E-state index in [4.69, 9.17) is 0 Å². The summed E-state index contributed by atoms with van der Waals surface area (Å²) >= 11 is 0. The van der Waals surface area contributed by atoms with Crippen molar-refractivity contribution in [3.05, 3.63) is 63.7 Å². The number of ether oxygens (including phenoxy) is 1. The molecular weight excluding hydrogens is 318 g/mol. The van der Waals surface area contributed by atoms with Crippen LogP contribution >= 0.6 is 0 Å². The van der Waals surface area contributed by atoms with Gasteiger partial charge in [-0.3, -0.25) is 10.1 Å². The Labute approximate surface area is 137 Å². The van der Waals surface area contributed by atoms with Crippen LogP contribution in [0.5, 0.6) is 5.75 Å². The Kier molecular flexibility index (Phi) is 4.59. The van der Waals surface area contributed by atoms with Gasteiger partial charge in [0.2, 0.25) is 5.75 Å². The van der Waals surface area contributed by atoms with Gasteiger partial charge in [0.25, 0.3) is 0 Å².